The van der Waals surface area contributed by atoms with Gasteiger partial charge in [0.1, 0.15) is 17.0 Å². The van der Waals surface area contributed by atoms with E-state index in [9.17, 15) is 28.5 Å². The lowest BCUT2D eigenvalue weighted by Crippen LogP contribution is -2.54. The van der Waals surface area contributed by atoms with Crippen LogP contribution in [0.3, 0.4) is 0 Å². The van der Waals surface area contributed by atoms with Crippen molar-refractivity contribution >= 4 is 34.9 Å². The maximum atomic E-state index is 14.2. The summed E-state index contributed by atoms with van der Waals surface area (Å²) in [7, 11) is 0. The molecule has 12 nitrogen and oxygen atoms in total. The first kappa shape index (κ1) is 36.1. The van der Waals surface area contributed by atoms with Crippen LogP contribution in [0.4, 0.5) is 41.1 Å². The SMILES string of the molecule is C[C@H]1CN(C(=O)OC(C)(C)C)CCN1c1ccc(N)cc1F.C[C@H]1CN(C(=O)OC(C)(C)C)CCN1c1ccc([N+](=O)[O-])cc1F. The Hall–Kier alpha value is -4.36. The molecular formula is C32H46F2N6O6. The summed E-state index contributed by atoms with van der Waals surface area (Å²) in [6, 6.07) is 8.17. The summed E-state index contributed by atoms with van der Waals surface area (Å²) in [5.74, 6) is -0.973. The predicted octanol–water partition coefficient (Wildman–Crippen LogP) is 6.03. The zero-order valence-corrected chi connectivity index (χ0v) is 27.9. The number of carbonyl (C=O) groups excluding carboxylic acids is 2. The molecule has 0 spiro atoms. The van der Waals surface area contributed by atoms with Crippen LogP contribution in [0.2, 0.25) is 0 Å². The van der Waals surface area contributed by atoms with Gasteiger partial charge in [-0.25, -0.2) is 18.4 Å². The fourth-order valence-electron chi connectivity index (χ4n) is 5.21. The molecule has 2 aromatic rings. The summed E-state index contributed by atoms with van der Waals surface area (Å²) in [5, 5.41) is 10.7. The molecule has 0 radical (unpaired) electrons. The Morgan fingerprint density at radius 2 is 1.20 bits per heavy atom. The van der Waals surface area contributed by atoms with Gasteiger partial charge in [-0.2, -0.15) is 0 Å². The normalized spacial score (nSPS) is 18.8. The van der Waals surface area contributed by atoms with Crippen LogP contribution in [0, 0.1) is 21.7 Å². The van der Waals surface area contributed by atoms with Crippen LogP contribution in [0.5, 0.6) is 0 Å². The molecule has 46 heavy (non-hydrogen) atoms. The first-order chi connectivity index (χ1) is 21.3. The average Bonchev–Trinajstić information content (AvgIpc) is 2.92. The maximum absolute atomic E-state index is 14.2. The third kappa shape index (κ3) is 9.82. The summed E-state index contributed by atoms with van der Waals surface area (Å²) >= 11 is 0. The number of nitro groups is 1. The number of anilines is 3. The maximum Gasteiger partial charge on any atom is 0.410 e. The van der Waals surface area contributed by atoms with Gasteiger partial charge in [-0.3, -0.25) is 10.1 Å². The van der Waals surface area contributed by atoms with Crippen molar-refractivity contribution in [2.75, 3.05) is 54.8 Å². The van der Waals surface area contributed by atoms with E-state index in [-0.39, 0.29) is 29.7 Å². The lowest BCUT2D eigenvalue weighted by Gasteiger charge is -2.41. The van der Waals surface area contributed by atoms with Crippen molar-refractivity contribution < 1.29 is 32.8 Å². The fourth-order valence-corrected chi connectivity index (χ4v) is 5.21. The number of halogens is 2. The van der Waals surface area contributed by atoms with Gasteiger partial charge in [0, 0.05) is 63.1 Å². The van der Waals surface area contributed by atoms with E-state index in [4.69, 9.17) is 15.2 Å². The number of non-ortho nitro benzene ring substituents is 1. The van der Waals surface area contributed by atoms with Gasteiger partial charge in [-0.05, 0) is 79.7 Å². The van der Waals surface area contributed by atoms with E-state index in [1.54, 1.807) is 47.6 Å². The van der Waals surface area contributed by atoms with E-state index < -0.39 is 28.0 Å². The molecule has 2 N–H and O–H groups in total. The summed E-state index contributed by atoms with van der Waals surface area (Å²) < 4.78 is 39.0. The third-order valence-corrected chi connectivity index (χ3v) is 7.29. The van der Waals surface area contributed by atoms with Crippen LogP contribution in [0.25, 0.3) is 0 Å². The van der Waals surface area contributed by atoms with Crippen molar-refractivity contribution in [1.29, 1.82) is 0 Å². The van der Waals surface area contributed by atoms with E-state index in [0.717, 1.165) is 6.07 Å². The fraction of sp³-hybridized carbons (Fsp3) is 0.562. The van der Waals surface area contributed by atoms with Gasteiger partial charge in [-0.1, -0.05) is 0 Å². The van der Waals surface area contributed by atoms with Gasteiger partial charge in [0.05, 0.1) is 22.4 Å². The molecule has 2 atom stereocenters. The topological polar surface area (TPSA) is 135 Å². The Kier molecular flexibility index (Phi) is 11.3. The first-order valence-electron chi connectivity index (χ1n) is 15.2. The van der Waals surface area contributed by atoms with Crippen LogP contribution in [0.15, 0.2) is 36.4 Å². The molecule has 2 heterocycles. The highest BCUT2D eigenvalue weighted by atomic mass is 19.1. The second-order valence-corrected chi connectivity index (χ2v) is 13.5. The van der Waals surface area contributed by atoms with Crippen molar-refractivity contribution in [3.63, 3.8) is 0 Å². The molecule has 4 rings (SSSR count). The van der Waals surface area contributed by atoms with E-state index >= 15 is 0 Å². The van der Waals surface area contributed by atoms with Gasteiger partial charge in [0.15, 0.2) is 5.82 Å². The number of rotatable bonds is 3. The molecule has 0 unspecified atom stereocenters. The number of nitrogens with zero attached hydrogens (tertiary/aromatic N) is 5. The summed E-state index contributed by atoms with van der Waals surface area (Å²) in [6.07, 6.45) is -0.713. The molecule has 2 aliphatic heterocycles. The molecule has 0 aliphatic carbocycles. The predicted molar refractivity (Wildman–Crippen MR) is 173 cm³/mol. The smallest absolute Gasteiger partial charge is 0.410 e. The number of hydrogen-bond donors (Lipinski definition) is 1. The Balaban J connectivity index is 0.000000251. The summed E-state index contributed by atoms with van der Waals surface area (Å²) in [4.78, 5) is 41.3. The van der Waals surface area contributed by atoms with E-state index in [2.05, 4.69) is 0 Å². The summed E-state index contributed by atoms with van der Waals surface area (Å²) in [6.45, 7) is 17.5. The van der Waals surface area contributed by atoms with Gasteiger partial charge in [0.25, 0.3) is 5.69 Å². The number of ether oxygens (including phenoxy) is 2. The second kappa shape index (κ2) is 14.4. The Morgan fingerprint density at radius 3 is 1.54 bits per heavy atom. The van der Waals surface area contributed by atoms with Crippen LogP contribution < -0.4 is 15.5 Å². The van der Waals surface area contributed by atoms with E-state index in [1.807, 2.05) is 39.5 Å². The molecular weight excluding hydrogens is 602 g/mol. The molecule has 2 saturated heterocycles. The number of nitrogens with two attached hydrogens (primary N) is 1. The number of carbonyl (C=O) groups is 2. The minimum Gasteiger partial charge on any atom is -0.444 e. The highest BCUT2D eigenvalue weighted by Gasteiger charge is 2.32. The van der Waals surface area contributed by atoms with Crippen molar-refractivity contribution in [3.8, 4) is 0 Å². The molecule has 2 amide bonds. The van der Waals surface area contributed by atoms with Crippen molar-refractivity contribution in [2.45, 2.75) is 78.7 Å². The number of nitrogen functional groups attached to an aromatic ring is 1. The van der Waals surface area contributed by atoms with E-state index in [0.29, 0.717) is 56.3 Å². The quantitative estimate of drug-likeness (QED) is 0.240. The minimum absolute atomic E-state index is 0.000562. The number of amides is 2. The van der Waals surface area contributed by atoms with Crippen LogP contribution in [-0.4, -0.2) is 89.5 Å². The largest absolute Gasteiger partial charge is 0.444 e. The van der Waals surface area contributed by atoms with Crippen LogP contribution in [0.1, 0.15) is 55.4 Å². The molecule has 2 aliphatic rings. The standard InChI is InChI=1S/C16H22FN3O4.C16H24FN3O2/c1-11-10-18(15(21)24-16(2,3)4)7-8-19(11)14-6-5-12(20(22)23)9-13(14)17;1-11-10-19(15(21)22-16(2,3)4)7-8-20(11)14-6-5-12(18)9-13(14)17/h5-6,9,11H,7-8,10H2,1-4H3;5-6,9,11H,7-8,10,18H2,1-4H3/t2*11-/m00/s1. The molecule has 2 aromatic carbocycles. The number of hydrogen-bond acceptors (Lipinski definition) is 9. The highest BCUT2D eigenvalue weighted by Crippen LogP contribution is 2.28. The number of benzene rings is 2. The zero-order valence-electron chi connectivity index (χ0n) is 27.9. The van der Waals surface area contributed by atoms with Crippen molar-refractivity contribution in [2.24, 2.45) is 0 Å². The molecule has 14 heteroatoms. The van der Waals surface area contributed by atoms with Crippen LogP contribution >= 0.6 is 0 Å². The zero-order chi connectivity index (χ0) is 34.6. The number of nitro benzene ring substituents is 1. The third-order valence-electron chi connectivity index (χ3n) is 7.29. The molecule has 0 saturated carbocycles. The summed E-state index contributed by atoms with van der Waals surface area (Å²) in [5.41, 5.74) is 5.45. The Labute approximate surface area is 269 Å². The van der Waals surface area contributed by atoms with Crippen molar-refractivity contribution in [1.82, 2.24) is 9.80 Å². The van der Waals surface area contributed by atoms with E-state index in [1.165, 1.54) is 18.2 Å². The Morgan fingerprint density at radius 1 is 0.783 bits per heavy atom. The lowest BCUT2D eigenvalue weighted by atomic mass is 10.1. The molecule has 2 fully saturated rings. The minimum atomic E-state index is -0.637. The molecule has 254 valence electrons. The first-order valence-corrected chi connectivity index (χ1v) is 15.2. The van der Waals surface area contributed by atoms with Gasteiger partial charge in [-0.15, -0.1) is 0 Å². The lowest BCUT2D eigenvalue weighted by molar-refractivity contribution is -0.385. The van der Waals surface area contributed by atoms with Gasteiger partial charge < -0.3 is 34.8 Å². The molecule has 0 aromatic heterocycles. The van der Waals surface area contributed by atoms with Gasteiger partial charge in [0.2, 0.25) is 0 Å². The van der Waals surface area contributed by atoms with Crippen molar-refractivity contribution in [3.05, 3.63) is 58.1 Å². The van der Waals surface area contributed by atoms with Gasteiger partial charge >= 0.3 is 12.2 Å². The number of piperazine rings is 2. The van der Waals surface area contributed by atoms with Crippen LogP contribution in [-0.2, 0) is 9.47 Å². The second-order valence-electron chi connectivity index (χ2n) is 13.5. The monoisotopic (exact) mass is 648 g/mol. The average molecular weight is 649 g/mol. The Bertz CT molecular complexity index is 1410. The molecule has 0 bridgehead atoms. The highest BCUT2D eigenvalue weighted by molar-refractivity contribution is 5.69.